The van der Waals surface area contributed by atoms with Gasteiger partial charge in [-0.05, 0) is 121 Å². The van der Waals surface area contributed by atoms with Crippen molar-refractivity contribution in [2.24, 2.45) is 0 Å². The summed E-state index contributed by atoms with van der Waals surface area (Å²) < 4.78 is 6.53. The van der Waals surface area contributed by atoms with Gasteiger partial charge in [0.05, 0.1) is 0 Å². The molecule has 0 saturated heterocycles. The summed E-state index contributed by atoms with van der Waals surface area (Å²) in [6.07, 6.45) is 0. The Hall–Kier alpha value is -6.78. The lowest BCUT2D eigenvalue weighted by Gasteiger charge is -2.45. The van der Waals surface area contributed by atoms with Crippen molar-refractivity contribution >= 4 is 79.2 Å². The third kappa shape index (κ3) is 6.49. The van der Waals surface area contributed by atoms with Crippen LogP contribution in [0.4, 0.5) is 34.1 Å². The maximum atomic E-state index is 6.53. The van der Waals surface area contributed by atoms with Gasteiger partial charge in [0.2, 0.25) is 0 Å². The Morgan fingerprint density at radius 1 is 0.391 bits per heavy atom. The first kappa shape index (κ1) is 40.0. The second kappa shape index (κ2) is 14.4. The lowest BCUT2D eigenvalue weighted by Crippen LogP contribution is -2.61. The van der Waals surface area contributed by atoms with Crippen LogP contribution in [0.1, 0.15) is 79.0 Å². The number of para-hydroxylation sites is 2. The van der Waals surface area contributed by atoms with Crippen molar-refractivity contribution in [3.63, 3.8) is 0 Å². The Labute approximate surface area is 379 Å². The summed E-state index contributed by atoms with van der Waals surface area (Å²) in [7, 11) is 0. The van der Waals surface area contributed by atoms with Gasteiger partial charge in [-0.3, -0.25) is 0 Å². The van der Waals surface area contributed by atoms with Crippen molar-refractivity contribution in [3.8, 4) is 22.3 Å². The summed E-state index contributed by atoms with van der Waals surface area (Å²) in [5.41, 5.74) is 21.5. The number of furan rings is 1. The molecule has 2 aliphatic heterocycles. The molecule has 0 radical (unpaired) electrons. The van der Waals surface area contributed by atoms with Crippen LogP contribution >= 0.6 is 0 Å². The summed E-state index contributed by atoms with van der Waals surface area (Å²) >= 11 is 0. The molecule has 9 aromatic rings. The number of rotatable bonds is 4. The highest BCUT2D eigenvalue weighted by Gasteiger charge is 2.44. The largest absolute Gasteiger partial charge is 0.455 e. The van der Waals surface area contributed by atoms with Gasteiger partial charge in [-0.2, -0.15) is 0 Å². The van der Waals surface area contributed by atoms with Gasteiger partial charge < -0.3 is 14.2 Å². The summed E-state index contributed by atoms with van der Waals surface area (Å²) in [5, 5.41) is 2.28. The fourth-order valence-corrected chi connectivity index (χ4v) is 10.2. The van der Waals surface area contributed by atoms with Crippen LogP contribution in [0.25, 0.3) is 44.2 Å². The predicted octanol–water partition coefficient (Wildman–Crippen LogP) is 14.9. The van der Waals surface area contributed by atoms with Crippen LogP contribution < -0.4 is 26.2 Å². The molecule has 3 nitrogen and oxygen atoms in total. The zero-order chi connectivity index (χ0) is 44.3. The Bertz CT molecular complexity index is 3270. The van der Waals surface area contributed by atoms with Crippen LogP contribution in [0.15, 0.2) is 174 Å². The maximum Gasteiger partial charge on any atom is 0.252 e. The van der Waals surface area contributed by atoms with E-state index in [1.54, 1.807) is 0 Å². The minimum atomic E-state index is -0.0367. The van der Waals surface area contributed by atoms with E-state index in [0.29, 0.717) is 0 Å². The van der Waals surface area contributed by atoms with E-state index in [1.807, 2.05) is 6.07 Å². The molecular formula is C60H55BN2O. The maximum absolute atomic E-state index is 6.53. The second-order valence-corrected chi connectivity index (χ2v) is 21.1. The van der Waals surface area contributed by atoms with E-state index in [1.165, 1.54) is 67.0 Å². The number of nitrogens with zero attached hydrogens (tertiary/aromatic N) is 2. The number of anilines is 6. The molecule has 0 fully saturated rings. The molecule has 314 valence electrons. The van der Waals surface area contributed by atoms with Crippen molar-refractivity contribution in [2.75, 3.05) is 9.80 Å². The number of fused-ring (bicyclic) bond motifs is 7. The first-order chi connectivity index (χ1) is 30.6. The Morgan fingerprint density at radius 3 is 1.45 bits per heavy atom. The van der Waals surface area contributed by atoms with E-state index in [9.17, 15) is 0 Å². The number of hydrogen-bond donors (Lipinski definition) is 0. The van der Waals surface area contributed by atoms with Gasteiger partial charge in [-0.1, -0.05) is 178 Å². The minimum Gasteiger partial charge on any atom is -0.455 e. The highest BCUT2D eigenvalue weighted by molar-refractivity contribution is 7.00. The van der Waals surface area contributed by atoms with Crippen molar-refractivity contribution in [2.45, 2.75) is 78.6 Å². The predicted molar refractivity (Wildman–Crippen MR) is 275 cm³/mol. The SMILES string of the molecule is CC(C)(C)c1ccc(N2c3ccc(C(C)(C)C)cc3B3c4cc(C(C)(C)C)ccc4N(c4ccc(-c5cccc6c5oc5ccccc56)cc4)c4cc(-c5ccccc5)cc2c43)cc1. The molecule has 0 atom stereocenters. The molecule has 0 amide bonds. The highest BCUT2D eigenvalue weighted by Crippen LogP contribution is 2.48. The lowest BCUT2D eigenvalue weighted by molar-refractivity contribution is 0.590. The minimum absolute atomic E-state index is 0.00994. The van der Waals surface area contributed by atoms with Crippen LogP contribution in [0.5, 0.6) is 0 Å². The molecule has 2 aliphatic rings. The summed E-state index contributed by atoms with van der Waals surface area (Å²) in [5.74, 6) is 0. The van der Waals surface area contributed by atoms with E-state index >= 15 is 0 Å². The molecule has 3 heterocycles. The Balaban J connectivity index is 1.19. The van der Waals surface area contributed by atoms with E-state index in [0.717, 1.165) is 44.4 Å². The van der Waals surface area contributed by atoms with E-state index < -0.39 is 0 Å². The van der Waals surface area contributed by atoms with Gasteiger partial charge >= 0.3 is 0 Å². The first-order valence-corrected chi connectivity index (χ1v) is 22.9. The van der Waals surface area contributed by atoms with Crippen molar-refractivity contribution < 1.29 is 4.42 Å². The second-order valence-electron chi connectivity index (χ2n) is 21.1. The number of hydrogen-bond acceptors (Lipinski definition) is 3. The third-order valence-electron chi connectivity index (χ3n) is 13.7. The van der Waals surface area contributed by atoms with Gasteiger partial charge in [0.15, 0.2) is 0 Å². The van der Waals surface area contributed by atoms with E-state index in [4.69, 9.17) is 4.42 Å². The quantitative estimate of drug-likeness (QED) is 0.165. The van der Waals surface area contributed by atoms with Crippen LogP contribution in [-0.4, -0.2) is 6.71 Å². The average molecular weight is 831 g/mol. The molecule has 0 bridgehead atoms. The summed E-state index contributed by atoms with van der Waals surface area (Å²) in [4.78, 5) is 5.08. The smallest absolute Gasteiger partial charge is 0.252 e. The average Bonchev–Trinajstić information content (AvgIpc) is 3.67. The number of benzene rings is 8. The normalized spacial score (nSPS) is 13.6. The molecule has 0 saturated carbocycles. The zero-order valence-corrected chi connectivity index (χ0v) is 38.5. The first-order valence-electron chi connectivity index (χ1n) is 22.9. The Kier molecular flexibility index (Phi) is 8.99. The fraction of sp³-hybridized carbons (Fsp3) is 0.200. The molecule has 4 heteroatoms. The van der Waals surface area contributed by atoms with Gasteiger partial charge in [0.1, 0.15) is 11.2 Å². The third-order valence-corrected chi connectivity index (χ3v) is 13.7. The Morgan fingerprint density at radius 2 is 0.891 bits per heavy atom. The summed E-state index contributed by atoms with van der Waals surface area (Å²) in [6, 6.07) is 63.6. The fourth-order valence-electron chi connectivity index (χ4n) is 10.2. The molecule has 11 rings (SSSR count). The standard InChI is InChI=1S/C60H55BN2O/c1-58(2,3)41-24-30-45(31-25-41)63-52-33-27-43(60(7,8)9)37-50(52)61-49-36-42(59(4,5)6)26-32-51(49)62(53-34-40(35-54(63)56(53)61)38-16-11-10-12-17-38)44-28-22-39(23-29-44)46-19-15-20-48-47-18-13-14-21-55(47)64-57(46)48/h10-37H,1-9H3. The van der Waals surface area contributed by atoms with Gasteiger partial charge in [-0.25, -0.2) is 0 Å². The summed E-state index contributed by atoms with van der Waals surface area (Å²) in [6.45, 7) is 20.9. The molecule has 0 spiro atoms. The lowest BCUT2D eigenvalue weighted by atomic mass is 9.33. The van der Waals surface area contributed by atoms with Crippen LogP contribution in [0.2, 0.25) is 0 Å². The van der Waals surface area contributed by atoms with Gasteiger partial charge in [-0.15, -0.1) is 0 Å². The molecule has 8 aromatic carbocycles. The molecule has 0 unspecified atom stereocenters. The molecule has 64 heavy (non-hydrogen) atoms. The van der Waals surface area contributed by atoms with E-state index in [-0.39, 0.29) is 23.0 Å². The van der Waals surface area contributed by atoms with Crippen LogP contribution in [-0.2, 0) is 16.2 Å². The highest BCUT2D eigenvalue weighted by atomic mass is 16.3. The van der Waals surface area contributed by atoms with Crippen molar-refractivity contribution in [1.82, 2.24) is 0 Å². The van der Waals surface area contributed by atoms with E-state index in [2.05, 4.69) is 236 Å². The molecule has 0 aliphatic carbocycles. The zero-order valence-electron chi connectivity index (χ0n) is 38.5. The van der Waals surface area contributed by atoms with Gasteiger partial charge in [0.25, 0.3) is 6.71 Å². The molecule has 0 N–H and O–H groups in total. The van der Waals surface area contributed by atoms with Crippen LogP contribution in [0, 0.1) is 0 Å². The monoisotopic (exact) mass is 830 g/mol. The van der Waals surface area contributed by atoms with Gasteiger partial charge in [0, 0.05) is 50.5 Å². The topological polar surface area (TPSA) is 19.6 Å². The molecular weight excluding hydrogens is 775 g/mol. The van der Waals surface area contributed by atoms with Crippen molar-refractivity contribution in [3.05, 3.63) is 187 Å². The van der Waals surface area contributed by atoms with Crippen LogP contribution in [0.3, 0.4) is 0 Å². The van der Waals surface area contributed by atoms with Crippen molar-refractivity contribution in [1.29, 1.82) is 0 Å². The molecule has 1 aromatic heterocycles.